The number of carbonyl (C=O) groups is 1. The molecule has 4 nitrogen and oxygen atoms in total. The summed E-state index contributed by atoms with van der Waals surface area (Å²) in [6.07, 6.45) is -0.0949. The fourth-order valence-electron chi connectivity index (χ4n) is 2.67. The van der Waals surface area contributed by atoms with Gasteiger partial charge in [-0.05, 0) is 29.5 Å². The molecule has 0 aliphatic heterocycles. The van der Waals surface area contributed by atoms with Gasteiger partial charge in [0.1, 0.15) is 0 Å². The number of aryl methyl sites for hydroxylation is 1. The number of benzene rings is 2. The predicted octanol–water partition coefficient (Wildman–Crippen LogP) is 3.84. The summed E-state index contributed by atoms with van der Waals surface area (Å²) in [4.78, 5) is 12.2. The molecule has 2 rings (SSSR count). The first kappa shape index (κ1) is 18.0. The van der Waals surface area contributed by atoms with E-state index >= 15 is 0 Å². The van der Waals surface area contributed by atoms with Crippen LogP contribution < -0.4 is 10.6 Å². The van der Waals surface area contributed by atoms with E-state index in [1.54, 1.807) is 0 Å². The molecule has 0 aliphatic rings. The Kier molecular flexibility index (Phi) is 6.38. The minimum Gasteiger partial charge on any atom is -0.391 e. The van der Waals surface area contributed by atoms with Crippen molar-refractivity contribution in [3.8, 4) is 0 Å². The number of carbonyl (C=O) groups excluding carboxylic acids is 1. The van der Waals surface area contributed by atoms with Gasteiger partial charge in [0.25, 0.3) is 0 Å². The van der Waals surface area contributed by atoms with Crippen LogP contribution in [0.15, 0.2) is 48.5 Å². The van der Waals surface area contributed by atoms with Gasteiger partial charge in [0, 0.05) is 18.7 Å². The van der Waals surface area contributed by atoms with E-state index in [-0.39, 0.29) is 12.6 Å². The normalized spacial score (nSPS) is 12.0. The van der Waals surface area contributed by atoms with Crippen molar-refractivity contribution in [1.29, 1.82) is 0 Å². The quantitative estimate of drug-likeness (QED) is 0.755. The second-order valence-corrected chi connectivity index (χ2v) is 6.37. The van der Waals surface area contributed by atoms with Crippen molar-refractivity contribution in [1.82, 2.24) is 5.32 Å². The Bertz CT molecular complexity index is 669. The van der Waals surface area contributed by atoms with Crippen LogP contribution >= 0.6 is 0 Å². The SMILES string of the molecule is Cc1cccc(C(C)C)c1NC(=O)NCC(O)Cc1ccccc1. The highest BCUT2D eigenvalue weighted by Gasteiger charge is 2.13. The first-order valence-electron chi connectivity index (χ1n) is 8.33. The lowest BCUT2D eigenvalue weighted by atomic mass is 9.98. The second kappa shape index (κ2) is 8.50. The molecule has 0 saturated heterocycles. The molecule has 0 heterocycles. The van der Waals surface area contributed by atoms with Gasteiger partial charge in [0.15, 0.2) is 0 Å². The van der Waals surface area contributed by atoms with Crippen molar-refractivity contribution in [2.75, 3.05) is 11.9 Å². The number of rotatable bonds is 6. The van der Waals surface area contributed by atoms with Crippen LogP contribution in [0.2, 0.25) is 0 Å². The molecule has 1 unspecified atom stereocenters. The molecule has 0 aliphatic carbocycles. The summed E-state index contributed by atoms with van der Waals surface area (Å²) in [5, 5.41) is 15.7. The van der Waals surface area contributed by atoms with Crippen LogP contribution in [0, 0.1) is 6.92 Å². The van der Waals surface area contributed by atoms with E-state index in [0.717, 1.165) is 22.4 Å². The number of amides is 2. The maximum absolute atomic E-state index is 12.2. The van der Waals surface area contributed by atoms with Crippen LogP contribution in [0.4, 0.5) is 10.5 Å². The molecule has 3 N–H and O–H groups in total. The summed E-state index contributed by atoms with van der Waals surface area (Å²) in [6.45, 7) is 6.39. The van der Waals surface area contributed by atoms with Crippen LogP contribution in [-0.4, -0.2) is 23.8 Å². The third-order valence-electron chi connectivity index (χ3n) is 3.98. The van der Waals surface area contributed by atoms with Gasteiger partial charge < -0.3 is 15.7 Å². The fourth-order valence-corrected chi connectivity index (χ4v) is 2.67. The van der Waals surface area contributed by atoms with E-state index < -0.39 is 6.10 Å². The third-order valence-corrected chi connectivity index (χ3v) is 3.98. The molecule has 2 amide bonds. The number of urea groups is 1. The zero-order valence-corrected chi connectivity index (χ0v) is 14.5. The average molecular weight is 326 g/mol. The minimum absolute atomic E-state index is 0.212. The molecular formula is C20H26N2O2. The molecule has 0 saturated carbocycles. The first-order valence-corrected chi connectivity index (χ1v) is 8.33. The highest BCUT2D eigenvalue weighted by Crippen LogP contribution is 2.27. The molecule has 24 heavy (non-hydrogen) atoms. The molecule has 2 aromatic carbocycles. The van der Waals surface area contributed by atoms with Gasteiger partial charge in [-0.2, -0.15) is 0 Å². The van der Waals surface area contributed by atoms with E-state index in [4.69, 9.17) is 0 Å². The lowest BCUT2D eigenvalue weighted by Crippen LogP contribution is -2.36. The van der Waals surface area contributed by atoms with E-state index in [0.29, 0.717) is 12.3 Å². The first-order chi connectivity index (χ1) is 11.5. The molecule has 0 spiro atoms. The maximum Gasteiger partial charge on any atom is 0.319 e. The Balaban J connectivity index is 1.90. The van der Waals surface area contributed by atoms with Crippen molar-refractivity contribution >= 4 is 11.7 Å². The molecular weight excluding hydrogens is 300 g/mol. The Labute approximate surface area is 143 Å². The lowest BCUT2D eigenvalue weighted by molar-refractivity contribution is 0.172. The summed E-state index contributed by atoms with van der Waals surface area (Å²) in [6, 6.07) is 15.5. The zero-order chi connectivity index (χ0) is 17.5. The number of anilines is 1. The Morgan fingerprint density at radius 1 is 1.08 bits per heavy atom. The van der Waals surface area contributed by atoms with E-state index in [1.807, 2.05) is 55.5 Å². The summed E-state index contributed by atoms with van der Waals surface area (Å²) >= 11 is 0. The number of hydrogen-bond donors (Lipinski definition) is 3. The maximum atomic E-state index is 12.2. The predicted molar refractivity (Wildman–Crippen MR) is 98.4 cm³/mol. The van der Waals surface area contributed by atoms with E-state index in [2.05, 4.69) is 24.5 Å². The van der Waals surface area contributed by atoms with Crippen LogP contribution in [0.25, 0.3) is 0 Å². The average Bonchev–Trinajstić information content (AvgIpc) is 2.55. The highest BCUT2D eigenvalue weighted by atomic mass is 16.3. The molecule has 4 heteroatoms. The van der Waals surface area contributed by atoms with Gasteiger partial charge in [-0.1, -0.05) is 62.4 Å². The molecule has 128 valence electrons. The fraction of sp³-hybridized carbons (Fsp3) is 0.350. The van der Waals surface area contributed by atoms with Crippen molar-refractivity contribution < 1.29 is 9.90 Å². The highest BCUT2D eigenvalue weighted by molar-refractivity contribution is 5.91. The van der Waals surface area contributed by atoms with Crippen molar-refractivity contribution in [2.24, 2.45) is 0 Å². The van der Waals surface area contributed by atoms with Crippen LogP contribution in [-0.2, 0) is 6.42 Å². The van der Waals surface area contributed by atoms with Crippen LogP contribution in [0.3, 0.4) is 0 Å². The second-order valence-electron chi connectivity index (χ2n) is 6.37. The summed E-state index contributed by atoms with van der Waals surface area (Å²) in [7, 11) is 0. The Morgan fingerprint density at radius 2 is 1.79 bits per heavy atom. The molecule has 0 fully saturated rings. The third kappa shape index (κ3) is 5.10. The summed E-state index contributed by atoms with van der Waals surface area (Å²) in [5.74, 6) is 0.323. The van der Waals surface area contributed by atoms with Gasteiger partial charge >= 0.3 is 6.03 Å². The van der Waals surface area contributed by atoms with E-state index in [1.165, 1.54) is 0 Å². The number of para-hydroxylation sites is 1. The smallest absolute Gasteiger partial charge is 0.319 e. The molecule has 2 aromatic rings. The number of hydrogen-bond acceptors (Lipinski definition) is 2. The topological polar surface area (TPSA) is 61.4 Å². The number of nitrogens with one attached hydrogen (secondary N) is 2. The molecule has 0 aromatic heterocycles. The van der Waals surface area contributed by atoms with Gasteiger partial charge in [-0.3, -0.25) is 0 Å². The monoisotopic (exact) mass is 326 g/mol. The van der Waals surface area contributed by atoms with Crippen LogP contribution in [0.5, 0.6) is 0 Å². The largest absolute Gasteiger partial charge is 0.391 e. The summed E-state index contributed by atoms with van der Waals surface area (Å²) in [5.41, 5.74) is 4.03. The van der Waals surface area contributed by atoms with Gasteiger partial charge in [0.05, 0.1) is 6.10 Å². The standard InChI is InChI=1S/C20H26N2O2/c1-14(2)18-11-7-8-15(3)19(18)22-20(24)21-13-17(23)12-16-9-5-4-6-10-16/h4-11,14,17,23H,12-13H2,1-3H3,(H2,21,22,24). The Morgan fingerprint density at radius 3 is 2.46 bits per heavy atom. The summed E-state index contributed by atoms with van der Waals surface area (Å²) < 4.78 is 0. The molecule has 0 bridgehead atoms. The zero-order valence-electron chi connectivity index (χ0n) is 14.5. The van der Waals surface area contributed by atoms with Crippen molar-refractivity contribution in [3.05, 3.63) is 65.2 Å². The van der Waals surface area contributed by atoms with Gasteiger partial charge in [0.2, 0.25) is 0 Å². The number of aliphatic hydroxyl groups is 1. The van der Waals surface area contributed by atoms with Crippen molar-refractivity contribution in [2.45, 2.75) is 39.2 Å². The minimum atomic E-state index is -0.611. The van der Waals surface area contributed by atoms with Gasteiger partial charge in [-0.25, -0.2) is 4.79 Å². The van der Waals surface area contributed by atoms with Crippen molar-refractivity contribution in [3.63, 3.8) is 0 Å². The molecule has 0 radical (unpaired) electrons. The molecule has 1 atom stereocenters. The Hall–Kier alpha value is -2.33. The number of aliphatic hydroxyl groups excluding tert-OH is 1. The van der Waals surface area contributed by atoms with Crippen LogP contribution in [0.1, 0.15) is 36.5 Å². The van der Waals surface area contributed by atoms with E-state index in [9.17, 15) is 9.90 Å². The van der Waals surface area contributed by atoms with Gasteiger partial charge in [-0.15, -0.1) is 0 Å². The lowest BCUT2D eigenvalue weighted by Gasteiger charge is -2.18.